The average Bonchev–Trinajstić information content (AvgIpc) is 2.59. The van der Waals surface area contributed by atoms with Gasteiger partial charge in [-0.3, -0.25) is 0 Å². The van der Waals surface area contributed by atoms with Crippen LogP contribution >= 0.6 is 23.2 Å². The fourth-order valence-corrected chi connectivity index (χ4v) is 2.66. The molecule has 2 N–H and O–H groups in total. The maximum absolute atomic E-state index is 6.15. The van der Waals surface area contributed by atoms with E-state index in [4.69, 9.17) is 23.2 Å². The molecular formula is C18H16Cl2N4. The van der Waals surface area contributed by atoms with Gasteiger partial charge in [0.2, 0.25) is 5.95 Å². The van der Waals surface area contributed by atoms with Crippen molar-refractivity contribution in [3.63, 3.8) is 0 Å². The zero-order chi connectivity index (χ0) is 16.8. The second-order valence-electron chi connectivity index (χ2n) is 5.18. The highest BCUT2D eigenvalue weighted by molar-refractivity contribution is 6.36. The maximum atomic E-state index is 6.15. The average molecular weight is 359 g/mol. The van der Waals surface area contributed by atoms with Crippen LogP contribution in [-0.4, -0.2) is 16.5 Å². The minimum absolute atomic E-state index is 0.476. The number of aromatic nitrogens is 2. The minimum atomic E-state index is 0.476. The van der Waals surface area contributed by atoms with Crippen molar-refractivity contribution >= 4 is 40.7 Å². The molecule has 3 aromatic rings. The molecule has 0 atom stereocenters. The Hall–Kier alpha value is -2.30. The quantitative estimate of drug-likeness (QED) is 0.637. The summed E-state index contributed by atoms with van der Waals surface area (Å²) in [5, 5.41) is 7.50. The molecule has 1 aromatic heterocycles. The number of rotatable bonds is 6. The first-order chi connectivity index (χ1) is 11.7. The molecule has 0 aliphatic heterocycles. The van der Waals surface area contributed by atoms with E-state index >= 15 is 0 Å². The van der Waals surface area contributed by atoms with Gasteiger partial charge in [0.05, 0.1) is 10.7 Å². The smallest absolute Gasteiger partial charge is 0.229 e. The van der Waals surface area contributed by atoms with E-state index in [1.54, 1.807) is 24.4 Å². The summed E-state index contributed by atoms with van der Waals surface area (Å²) in [6.45, 7) is 0.794. The second kappa shape index (κ2) is 7.99. The summed E-state index contributed by atoms with van der Waals surface area (Å²) in [5.41, 5.74) is 1.99. The van der Waals surface area contributed by atoms with Gasteiger partial charge in [0.25, 0.3) is 0 Å². The second-order valence-corrected chi connectivity index (χ2v) is 6.02. The van der Waals surface area contributed by atoms with Gasteiger partial charge in [-0.15, -0.1) is 0 Å². The highest BCUT2D eigenvalue weighted by atomic mass is 35.5. The Bertz CT molecular complexity index is 809. The molecule has 0 bridgehead atoms. The molecular weight excluding hydrogens is 343 g/mol. The maximum Gasteiger partial charge on any atom is 0.229 e. The molecule has 0 saturated heterocycles. The van der Waals surface area contributed by atoms with Crippen molar-refractivity contribution in [1.29, 1.82) is 0 Å². The van der Waals surface area contributed by atoms with Crippen LogP contribution in [0.5, 0.6) is 0 Å². The fourth-order valence-electron chi connectivity index (χ4n) is 2.21. The minimum Gasteiger partial charge on any atom is -0.370 e. The molecule has 0 fully saturated rings. The van der Waals surface area contributed by atoms with Gasteiger partial charge in [0, 0.05) is 17.8 Å². The molecule has 0 unspecified atom stereocenters. The Morgan fingerprint density at radius 1 is 0.958 bits per heavy atom. The van der Waals surface area contributed by atoms with E-state index in [0.717, 1.165) is 18.8 Å². The molecule has 4 nitrogen and oxygen atoms in total. The topological polar surface area (TPSA) is 49.8 Å². The molecule has 0 aliphatic rings. The molecule has 2 aromatic carbocycles. The first kappa shape index (κ1) is 16.6. The lowest BCUT2D eigenvalue weighted by molar-refractivity contribution is 1.00. The number of hydrogen-bond donors (Lipinski definition) is 2. The van der Waals surface area contributed by atoms with Gasteiger partial charge in [-0.1, -0.05) is 53.5 Å². The van der Waals surface area contributed by atoms with E-state index in [1.165, 1.54) is 5.56 Å². The molecule has 0 spiro atoms. The number of halogens is 2. The van der Waals surface area contributed by atoms with Gasteiger partial charge < -0.3 is 10.6 Å². The summed E-state index contributed by atoms with van der Waals surface area (Å²) in [5.74, 6) is 1.23. The lowest BCUT2D eigenvalue weighted by Gasteiger charge is -2.09. The lowest BCUT2D eigenvalue weighted by atomic mass is 10.1. The number of hydrogen-bond acceptors (Lipinski definition) is 4. The van der Waals surface area contributed by atoms with Crippen LogP contribution in [0.4, 0.5) is 17.5 Å². The van der Waals surface area contributed by atoms with Gasteiger partial charge in [-0.25, -0.2) is 4.98 Å². The standard InChI is InChI=1S/C18H16Cl2N4/c19-14-6-7-16(15(20)12-14)23-18-22-11-9-17(24-18)21-10-8-13-4-2-1-3-5-13/h1-7,9,11-12H,8,10H2,(H2,21,22,23,24). The molecule has 0 radical (unpaired) electrons. The fraction of sp³-hybridized carbons (Fsp3) is 0.111. The first-order valence-electron chi connectivity index (χ1n) is 7.53. The first-order valence-corrected chi connectivity index (χ1v) is 8.29. The lowest BCUT2D eigenvalue weighted by Crippen LogP contribution is -2.07. The zero-order valence-electron chi connectivity index (χ0n) is 12.8. The van der Waals surface area contributed by atoms with Crippen LogP contribution in [0.2, 0.25) is 10.0 Å². The summed E-state index contributed by atoms with van der Waals surface area (Å²) < 4.78 is 0. The van der Waals surface area contributed by atoms with E-state index in [1.807, 2.05) is 24.3 Å². The molecule has 0 amide bonds. The Balaban J connectivity index is 1.61. The van der Waals surface area contributed by atoms with Crippen LogP contribution in [0.25, 0.3) is 0 Å². The number of benzene rings is 2. The van der Waals surface area contributed by atoms with Gasteiger partial charge in [-0.2, -0.15) is 4.98 Å². The van der Waals surface area contributed by atoms with Gasteiger partial charge >= 0.3 is 0 Å². The van der Waals surface area contributed by atoms with E-state index < -0.39 is 0 Å². The predicted octanol–water partition coefficient (Wildman–Crippen LogP) is 5.18. The Labute approximate surface area is 150 Å². The van der Waals surface area contributed by atoms with Crippen molar-refractivity contribution in [2.75, 3.05) is 17.2 Å². The molecule has 3 rings (SSSR count). The van der Waals surface area contributed by atoms with Crippen LogP contribution in [0.3, 0.4) is 0 Å². The monoisotopic (exact) mass is 358 g/mol. The SMILES string of the molecule is Clc1ccc(Nc2nccc(NCCc3ccccc3)n2)c(Cl)c1. The van der Waals surface area contributed by atoms with Crippen molar-refractivity contribution in [3.05, 3.63) is 76.4 Å². The Morgan fingerprint density at radius 2 is 1.79 bits per heavy atom. The highest BCUT2D eigenvalue weighted by Crippen LogP contribution is 2.27. The van der Waals surface area contributed by atoms with Crippen LogP contribution in [0, 0.1) is 0 Å². The van der Waals surface area contributed by atoms with Crippen molar-refractivity contribution in [2.45, 2.75) is 6.42 Å². The van der Waals surface area contributed by atoms with Crippen molar-refractivity contribution in [1.82, 2.24) is 9.97 Å². The number of nitrogens with one attached hydrogen (secondary N) is 2. The molecule has 6 heteroatoms. The van der Waals surface area contributed by atoms with Crippen LogP contribution in [0.1, 0.15) is 5.56 Å². The molecule has 122 valence electrons. The summed E-state index contributed by atoms with van der Waals surface area (Å²) in [4.78, 5) is 8.65. The normalized spacial score (nSPS) is 10.4. The van der Waals surface area contributed by atoms with Crippen LogP contribution in [-0.2, 0) is 6.42 Å². The van der Waals surface area contributed by atoms with Gasteiger partial charge in [-0.05, 0) is 36.2 Å². The van der Waals surface area contributed by atoms with Crippen molar-refractivity contribution in [2.24, 2.45) is 0 Å². The van der Waals surface area contributed by atoms with Gasteiger partial charge in [0.15, 0.2) is 0 Å². The third-order valence-electron chi connectivity index (χ3n) is 3.40. The third-order valence-corrected chi connectivity index (χ3v) is 3.94. The summed E-state index contributed by atoms with van der Waals surface area (Å²) in [6.07, 6.45) is 2.63. The number of anilines is 3. The Morgan fingerprint density at radius 3 is 2.58 bits per heavy atom. The highest BCUT2D eigenvalue weighted by Gasteiger charge is 2.04. The van der Waals surface area contributed by atoms with Crippen molar-refractivity contribution in [3.8, 4) is 0 Å². The van der Waals surface area contributed by atoms with Gasteiger partial charge in [0.1, 0.15) is 5.82 Å². The largest absolute Gasteiger partial charge is 0.370 e. The van der Waals surface area contributed by atoms with Crippen molar-refractivity contribution < 1.29 is 0 Å². The van der Waals surface area contributed by atoms with E-state index in [2.05, 4.69) is 32.7 Å². The summed E-state index contributed by atoms with van der Waals surface area (Å²) in [6, 6.07) is 17.4. The molecule has 1 heterocycles. The number of nitrogens with zero attached hydrogens (tertiary/aromatic N) is 2. The third kappa shape index (κ3) is 4.60. The van der Waals surface area contributed by atoms with E-state index in [0.29, 0.717) is 21.7 Å². The van der Waals surface area contributed by atoms with E-state index in [9.17, 15) is 0 Å². The summed E-state index contributed by atoms with van der Waals surface area (Å²) >= 11 is 12.1. The Kier molecular flexibility index (Phi) is 5.51. The zero-order valence-corrected chi connectivity index (χ0v) is 14.3. The molecule has 0 saturated carbocycles. The van der Waals surface area contributed by atoms with Crippen LogP contribution in [0.15, 0.2) is 60.8 Å². The van der Waals surface area contributed by atoms with E-state index in [-0.39, 0.29) is 0 Å². The van der Waals surface area contributed by atoms with Crippen LogP contribution < -0.4 is 10.6 Å². The molecule has 24 heavy (non-hydrogen) atoms. The summed E-state index contributed by atoms with van der Waals surface area (Å²) in [7, 11) is 0. The molecule has 0 aliphatic carbocycles. The predicted molar refractivity (Wildman–Crippen MR) is 100 cm³/mol.